The van der Waals surface area contributed by atoms with Gasteiger partial charge in [0.05, 0.1) is 12.2 Å². The van der Waals surface area contributed by atoms with E-state index in [1.54, 1.807) is 13.2 Å². The van der Waals surface area contributed by atoms with Crippen molar-refractivity contribution in [2.24, 2.45) is 0 Å². The van der Waals surface area contributed by atoms with Crippen molar-refractivity contribution in [2.75, 3.05) is 36.1 Å². The number of amides is 1. The van der Waals surface area contributed by atoms with Crippen LogP contribution in [0.15, 0.2) is 24.4 Å². The number of nitrogens with one attached hydrogen (secondary N) is 2. The Bertz CT molecular complexity index is 1240. The molecule has 0 radical (unpaired) electrons. The first-order valence-electron chi connectivity index (χ1n) is 11.5. The first kappa shape index (κ1) is 23.6. The predicted molar refractivity (Wildman–Crippen MR) is 130 cm³/mol. The summed E-state index contributed by atoms with van der Waals surface area (Å²) in [6, 6.07) is 3.04. The molecule has 1 aliphatic heterocycles. The lowest BCUT2D eigenvalue weighted by Gasteiger charge is -2.25. The Kier molecular flexibility index (Phi) is 6.41. The predicted octanol–water partition coefficient (Wildman–Crippen LogP) is 3.98. The van der Waals surface area contributed by atoms with Crippen molar-refractivity contribution < 1.29 is 18.0 Å². The second-order valence-corrected chi connectivity index (χ2v) is 9.87. The number of carbonyl (C=O) groups is 1. The van der Waals surface area contributed by atoms with Crippen LogP contribution in [0.5, 0.6) is 0 Å². The van der Waals surface area contributed by atoms with Crippen LogP contribution in [0.3, 0.4) is 0 Å². The van der Waals surface area contributed by atoms with E-state index in [1.807, 2.05) is 4.68 Å². The Morgan fingerprint density at radius 1 is 1.20 bits per heavy atom. The quantitative estimate of drug-likeness (QED) is 0.469. The van der Waals surface area contributed by atoms with Crippen LogP contribution in [0.2, 0.25) is 0 Å². The molecule has 5 rings (SSSR count). The van der Waals surface area contributed by atoms with E-state index in [0.29, 0.717) is 31.6 Å². The molecule has 4 N–H and O–H groups in total. The molecule has 1 amide bonds. The molecule has 2 aromatic heterocycles. The average Bonchev–Trinajstić information content (AvgIpc) is 3.53. The van der Waals surface area contributed by atoms with Gasteiger partial charge in [-0.3, -0.25) is 4.79 Å². The van der Waals surface area contributed by atoms with Gasteiger partial charge >= 0.3 is 0 Å². The van der Waals surface area contributed by atoms with Crippen LogP contribution >= 0.6 is 11.3 Å². The number of thiazole rings is 1. The Morgan fingerprint density at radius 2 is 1.97 bits per heavy atom. The monoisotopic (exact) mass is 505 g/mol. The summed E-state index contributed by atoms with van der Waals surface area (Å²) < 4.78 is 44.3. The number of nitrogens with two attached hydrogens (primary N) is 1. The van der Waals surface area contributed by atoms with Crippen LogP contribution < -0.4 is 21.3 Å². The molecule has 2 atom stereocenters. The Morgan fingerprint density at radius 3 is 2.71 bits per heavy atom. The van der Waals surface area contributed by atoms with Crippen molar-refractivity contribution in [1.82, 2.24) is 20.1 Å². The first-order chi connectivity index (χ1) is 16.9. The van der Waals surface area contributed by atoms with Crippen molar-refractivity contribution >= 4 is 33.8 Å². The van der Waals surface area contributed by atoms with Crippen LogP contribution in [0.4, 0.5) is 29.7 Å². The highest BCUT2D eigenvalue weighted by Crippen LogP contribution is 2.41. The van der Waals surface area contributed by atoms with Crippen LogP contribution in [0.1, 0.15) is 42.2 Å². The number of nitrogens with zero attached hydrogens (tertiary/aromatic N) is 4. The van der Waals surface area contributed by atoms with Crippen molar-refractivity contribution in [3.63, 3.8) is 0 Å². The number of halogens is 3. The van der Waals surface area contributed by atoms with E-state index in [4.69, 9.17) is 5.73 Å². The maximum Gasteiger partial charge on any atom is 0.277 e. The van der Waals surface area contributed by atoms with E-state index in [-0.39, 0.29) is 33.3 Å². The van der Waals surface area contributed by atoms with Gasteiger partial charge in [0, 0.05) is 24.7 Å². The van der Waals surface area contributed by atoms with Gasteiger partial charge in [0.2, 0.25) is 0 Å². The van der Waals surface area contributed by atoms with Crippen LogP contribution in [0, 0.1) is 11.6 Å². The summed E-state index contributed by atoms with van der Waals surface area (Å²) in [6.07, 6.45) is 3.56. The molecule has 1 aromatic carbocycles. The maximum absolute atomic E-state index is 14.5. The van der Waals surface area contributed by atoms with Crippen molar-refractivity contribution in [3.05, 3.63) is 41.7 Å². The van der Waals surface area contributed by atoms with Gasteiger partial charge in [-0.15, -0.1) is 0 Å². The Labute approximate surface area is 204 Å². The van der Waals surface area contributed by atoms with Crippen molar-refractivity contribution in [3.8, 4) is 10.6 Å². The van der Waals surface area contributed by atoms with Gasteiger partial charge in [-0.2, -0.15) is 5.10 Å². The highest BCUT2D eigenvalue weighted by Gasteiger charge is 2.33. The van der Waals surface area contributed by atoms with Crippen LogP contribution in [-0.4, -0.2) is 53.0 Å². The van der Waals surface area contributed by atoms with Gasteiger partial charge in [0.25, 0.3) is 5.91 Å². The molecular weight excluding hydrogens is 479 g/mol. The lowest BCUT2D eigenvalue weighted by Crippen LogP contribution is -2.35. The summed E-state index contributed by atoms with van der Waals surface area (Å²) in [7, 11) is 1.76. The number of rotatable bonds is 6. The Hall–Kier alpha value is -3.12. The smallest absolute Gasteiger partial charge is 0.277 e. The number of carbonyl (C=O) groups excluding carboxylic acids is 1. The summed E-state index contributed by atoms with van der Waals surface area (Å²) in [4.78, 5) is 19.4. The first-order valence-corrected chi connectivity index (χ1v) is 12.3. The number of benzene rings is 1. The van der Waals surface area contributed by atoms with Gasteiger partial charge in [0.1, 0.15) is 33.5 Å². The zero-order chi connectivity index (χ0) is 24.7. The van der Waals surface area contributed by atoms with E-state index < -0.39 is 23.7 Å². The third-order valence-corrected chi connectivity index (χ3v) is 7.35. The van der Waals surface area contributed by atoms with Crippen molar-refractivity contribution in [2.45, 2.75) is 43.9 Å². The zero-order valence-corrected chi connectivity index (χ0v) is 19.9. The summed E-state index contributed by atoms with van der Waals surface area (Å²) in [6.45, 7) is 1.09. The van der Waals surface area contributed by atoms with Gasteiger partial charge in [-0.05, 0) is 50.9 Å². The molecule has 3 heterocycles. The molecule has 3 aromatic rings. The van der Waals surface area contributed by atoms with Crippen LogP contribution in [0.25, 0.3) is 10.6 Å². The molecule has 1 saturated carbocycles. The SMILES string of the molecule is CNC1CCN(c2c(NC(=O)c3nc(-c4cc(F)ccc4F)sc3N)cnn2C2CC2)CCC1F. The minimum absolute atomic E-state index is 0.0626. The minimum atomic E-state index is -0.961. The molecule has 12 heteroatoms. The molecule has 186 valence electrons. The number of anilines is 3. The molecule has 2 fully saturated rings. The third-order valence-electron chi connectivity index (χ3n) is 6.43. The fraction of sp³-hybridized carbons (Fsp3) is 0.435. The molecule has 1 aliphatic carbocycles. The maximum atomic E-state index is 14.5. The fourth-order valence-corrected chi connectivity index (χ4v) is 5.25. The van der Waals surface area contributed by atoms with Gasteiger partial charge < -0.3 is 21.3 Å². The molecule has 0 bridgehead atoms. The average molecular weight is 506 g/mol. The molecule has 8 nitrogen and oxygen atoms in total. The van der Waals surface area contributed by atoms with Gasteiger partial charge in [0.15, 0.2) is 11.5 Å². The second-order valence-electron chi connectivity index (χ2n) is 8.84. The normalized spacial score (nSPS) is 20.6. The van der Waals surface area contributed by atoms with Gasteiger partial charge in [-0.25, -0.2) is 22.8 Å². The van der Waals surface area contributed by atoms with E-state index in [9.17, 15) is 18.0 Å². The molecule has 2 aliphatic rings. The molecule has 1 saturated heterocycles. The largest absolute Gasteiger partial charge is 0.389 e. The second kappa shape index (κ2) is 9.50. The Balaban J connectivity index is 1.42. The topological polar surface area (TPSA) is 101 Å². The van der Waals surface area contributed by atoms with E-state index in [0.717, 1.165) is 48.2 Å². The van der Waals surface area contributed by atoms with E-state index in [2.05, 4.69) is 25.6 Å². The lowest BCUT2D eigenvalue weighted by atomic mass is 10.1. The van der Waals surface area contributed by atoms with E-state index in [1.165, 1.54) is 0 Å². The summed E-state index contributed by atoms with van der Waals surface area (Å²) in [5.74, 6) is -1.13. The molecule has 35 heavy (non-hydrogen) atoms. The summed E-state index contributed by atoms with van der Waals surface area (Å²) in [5.41, 5.74) is 6.37. The number of hydrogen-bond donors (Lipinski definition) is 3. The highest BCUT2D eigenvalue weighted by atomic mass is 32.1. The van der Waals surface area contributed by atoms with E-state index >= 15 is 0 Å². The molecule has 0 spiro atoms. The third kappa shape index (κ3) is 4.72. The summed E-state index contributed by atoms with van der Waals surface area (Å²) in [5, 5.41) is 10.6. The van der Waals surface area contributed by atoms with Gasteiger partial charge in [-0.1, -0.05) is 11.3 Å². The zero-order valence-electron chi connectivity index (χ0n) is 19.1. The number of alkyl halides is 1. The van der Waals surface area contributed by atoms with Crippen LogP contribution in [-0.2, 0) is 0 Å². The number of aromatic nitrogens is 3. The number of nitrogen functional groups attached to an aromatic ring is 1. The van der Waals surface area contributed by atoms with Crippen molar-refractivity contribution in [1.29, 1.82) is 0 Å². The number of hydrogen-bond acceptors (Lipinski definition) is 7. The molecular formula is C23H26F3N7OS. The minimum Gasteiger partial charge on any atom is -0.389 e. The summed E-state index contributed by atoms with van der Waals surface area (Å²) >= 11 is 0.907. The standard InChI is InChI=1S/C23H26F3N7OS/c1-28-17-7-9-32(8-6-16(17)26)23-18(11-29-33(23)13-3-4-13)30-21(34)19-20(27)35-22(31-19)14-10-12(24)2-5-15(14)25/h2,5,10-11,13,16-17,28H,3-4,6-9,27H2,1H3,(H,30,34). The highest BCUT2D eigenvalue weighted by molar-refractivity contribution is 7.19. The lowest BCUT2D eigenvalue weighted by molar-refractivity contribution is 0.102. The fourth-order valence-electron chi connectivity index (χ4n) is 4.40. The molecule has 2 unspecified atom stereocenters.